The predicted octanol–water partition coefficient (Wildman–Crippen LogP) is 7.40. The van der Waals surface area contributed by atoms with Crippen LogP contribution in [0.25, 0.3) is 0 Å². The first-order valence-electron chi connectivity index (χ1n) is 10.8. The second-order valence-corrected chi connectivity index (χ2v) is 8.44. The summed E-state index contributed by atoms with van der Waals surface area (Å²) in [6.45, 7) is 2.28. The van der Waals surface area contributed by atoms with Crippen molar-refractivity contribution < 1.29 is 8.78 Å². The molecule has 0 radical (unpaired) electrons. The Kier molecular flexibility index (Phi) is 7.50. The van der Waals surface area contributed by atoms with E-state index in [9.17, 15) is 8.78 Å². The Balaban J connectivity index is 1.41. The van der Waals surface area contributed by atoms with E-state index in [4.69, 9.17) is 0 Å². The van der Waals surface area contributed by atoms with Gasteiger partial charge in [0.1, 0.15) is 0 Å². The first-order valence-corrected chi connectivity index (χ1v) is 10.8. The summed E-state index contributed by atoms with van der Waals surface area (Å²) < 4.78 is 26.5. The van der Waals surface area contributed by atoms with Crippen LogP contribution in [-0.2, 0) is 0 Å². The van der Waals surface area contributed by atoms with E-state index in [1.807, 2.05) is 0 Å². The molecule has 146 valence electrons. The van der Waals surface area contributed by atoms with Gasteiger partial charge in [-0.1, -0.05) is 43.7 Å². The van der Waals surface area contributed by atoms with Gasteiger partial charge in [0, 0.05) is 5.92 Å². The van der Waals surface area contributed by atoms with E-state index in [1.165, 1.54) is 50.7 Å². The van der Waals surface area contributed by atoms with Gasteiger partial charge in [0.15, 0.2) is 11.6 Å². The third-order valence-corrected chi connectivity index (χ3v) is 6.47. The molecule has 0 nitrogen and oxygen atoms in total. The van der Waals surface area contributed by atoms with Crippen LogP contribution in [0.3, 0.4) is 0 Å². The van der Waals surface area contributed by atoms with E-state index in [2.05, 4.69) is 30.9 Å². The maximum absolute atomic E-state index is 13.4. The van der Waals surface area contributed by atoms with Crippen LogP contribution in [0.5, 0.6) is 0 Å². The maximum Gasteiger partial charge on any atom is 0.159 e. The van der Waals surface area contributed by atoms with Gasteiger partial charge in [-0.25, -0.2) is 8.78 Å². The van der Waals surface area contributed by atoms with Crippen LogP contribution in [-0.4, -0.2) is 0 Å². The Hall–Kier alpha value is -1.62. The molecule has 1 aromatic carbocycles. The van der Waals surface area contributed by atoms with Gasteiger partial charge in [-0.2, -0.15) is 0 Å². The molecule has 2 heteroatoms. The van der Waals surface area contributed by atoms with Gasteiger partial charge in [0.2, 0.25) is 0 Å². The molecule has 0 aliphatic heterocycles. The Morgan fingerprint density at radius 3 is 2.37 bits per heavy atom. The molecule has 0 aromatic heterocycles. The lowest BCUT2D eigenvalue weighted by molar-refractivity contribution is 0.294. The van der Waals surface area contributed by atoms with Crippen LogP contribution >= 0.6 is 0 Å². The van der Waals surface area contributed by atoms with E-state index < -0.39 is 11.6 Å². The van der Waals surface area contributed by atoms with Crippen LogP contribution in [0.4, 0.5) is 8.78 Å². The zero-order valence-electron chi connectivity index (χ0n) is 16.5. The van der Waals surface area contributed by atoms with Crippen LogP contribution in [0, 0.1) is 41.2 Å². The highest BCUT2D eigenvalue weighted by atomic mass is 19.2. The summed E-state index contributed by atoms with van der Waals surface area (Å²) >= 11 is 0. The Labute approximate surface area is 163 Å². The highest BCUT2D eigenvalue weighted by Gasteiger charge is 2.22. The second kappa shape index (κ2) is 10.1. The van der Waals surface area contributed by atoms with E-state index in [0.29, 0.717) is 11.8 Å². The number of benzene rings is 1. The van der Waals surface area contributed by atoms with E-state index in [1.54, 1.807) is 6.07 Å². The Morgan fingerprint density at radius 2 is 1.70 bits per heavy atom. The summed E-state index contributed by atoms with van der Waals surface area (Å²) in [5, 5.41) is 0. The van der Waals surface area contributed by atoms with Crippen molar-refractivity contribution in [3.8, 4) is 11.8 Å². The minimum atomic E-state index is -0.760. The van der Waals surface area contributed by atoms with Crippen molar-refractivity contribution >= 4 is 0 Å². The number of hydrogen-bond donors (Lipinski definition) is 0. The molecule has 1 aromatic rings. The zero-order chi connectivity index (χ0) is 19.1. The molecule has 2 fully saturated rings. The molecule has 0 atom stereocenters. The monoisotopic (exact) mass is 370 g/mol. The Morgan fingerprint density at radius 1 is 0.963 bits per heavy atom. The highest BCUT2D eigenvalue weighted by Crippen LogP contribution is 2.36. The molecule has 0 amide bonds. The fraction of sp³-hybridized carbons (Fsp3) is 0.600. The van der Waals surface area contributed by atoms with E-state index >= 15 is 0 Å². The molecule has 2 aliphatic carbocycles. The van der Waals surface area contributed by atoms with Gasteiger partial charge in [-0.05, 0) is 92.9 Å². The van der Waals surface area contributed by atoms with Crippen molar-refractivity contribution in [2.24, 2.45) is 17.8 Å². The number of hydrogen-bond acceptors (Lipinski definition) is 0. The highest BCUT2D eigenvalue weighted by molar-refractivity contribution is 5.23. The molecule has 0 unspecified atom stereocenters. The SMILES string of the molecule is CCCC1CCC(/C=C/C#CC2CCC(c3ccc(F)c(F)c3)CC2)CC1. The van der Waals surface area contributed by atoms with Gasteiger partial charge < -0.3 is 0 Å². The smallest absolute Gasteiger partial charge is 0.159 e. The van der Waals surface area contributed by atoms with Crippen LogP contribution in [0.2, 0.25) is 0 Å². The lowest BCUT2D eigenvalue weighted by atomic mass is 9.79. The number of rotatable bonds is 4. The van der Waals surface area contributed by atoms with Crippen LogP contribution < -0.4 is 0 Å². The number of halogens is 2. The number of allylic oxidation sites excluding steroid dienone is 2. The fourth-order valence-electron chi connectivity index (χ4n) is 4.77. The molecular weight excluding hydrogens is 338 g/mol. The quantitative estimate of drug-likeness (QED) is 0.484. The predicted molar refractivity (Wildman–Crippen MR) is 108 cm³/mol. The molecule has 3 rings (SSSR count). The first-order chi connectivity index (χ1) is 13.2. The molecule has 0 N–H and O–H groups in total. The summed E-state index contributed by atoms with van der Waals surface area (Å²) in [6.07, 6.45) is 16.6. The lowest BCUT2D eigenvalue weighted by Gasteiger charge is -2.26. The minimum absolute atomic E-state index is 0.340. The average molecular weight is 371 g/mol. The van der Waals surface area contributed by atoms with Crippen molar-refractivity contribution in [1.29, 1.82) is 0 Å². The van der Waals surface area contributed by atoms with Gasteiger partial charge in [-0.3, -0.25) is 0 Å². The van der Waals surface area contributed by atoms with Crippen molar-refractivity contribution in [3.63, 3.8) is 0 Å². The van der Waals surface area contributed by atoms with Gasteiger partial charge in [0.25, 0.3) is 0 Å². The lowest BCUT2D eigenvalue weighted by Crippen LogP contribution is -2.13. The van der Waals surface area contributed by atoms with E-state index in [-0.39, 0.29) is 0 Å². The third kappa shape index (κ3) is 5.93. The van der Waals surface area contributed by atoms with Crippen LogP contribution in [0.1, 0.15) is 82.6 Å². The molecule has 27 heavy (non-hydrogen) atoms. The van der Waals surface area contributed by atoms with Crippen molar-refractivity contribution in [2.45, 2.75) is 77.0 Å². The van der Waals surface area contributed by atoms with Crippen molar-refractivity contribution in [1.82, 2.24) is 0 Å². The minimum Gasteiger partial charge on any atom is -0.204 e. The summed E-state index contributed by atoms with van der Waals surface area (Å²) in [7, 11) is 0. The van der Waals surface area contributed by atoms with E-state index in [0.717, 1.165) is 43.1 Å². The van der Waals surface area contributed by atoms with Gasteiger partial charge in [0.05, 0.1) is 0 Å². The first kappa shape index (κ1) is 20.1. The van der Waals surface area contributed by atoms with Crippen LogP contribution in [0.15, 0.2) is 30.4 Å². The molecule has 2 saturated carbocycles. The summed E-state index contributed by atoms with van der Waals surface area (Å²) in [4.78, 5) is 0. The molecular formula is C25H32F2. The molecule has 0 bridgehead atoms. The van der Waals surface area contributed by atoms with Crippen molar-refractivity contribution in [2.75, 3.05) is 0 Å². The molecule has 0 heterocycles. The zero-order valence-corrected chi connectivity index (χ0v) is 16.5. The summed E-state index contributed by atoms with van der Waals surface area (Å²) in [6, 6.07) is 4.34. The standard InChI is InChI=1S/C25H32F2/c1-2-5-19-8-10-20(11-9-19)6-3-4-7-21-12-14-22(15-13-21)23-16-17-24(26)25(27)18-23/h3,6,16-22H,2,5,8-15H2,1H3/b6-3+. The molecule has 0 spiro atoms. The summed E-state index contributed by atoms with van der Waals surface area (Å²) in [5.74, 6) is 7.64. The van der Waals surface area contributed by atoms with Gasteiger partial charge in [-0.15, -0.1) is 0 Å². The topological polar surface area (TPSA) is 0 Å². The van der Waals surface area contributed by atoms with Gasteiger partial charge >= 0.3 is 0 Å². The average Bonchev–Trinajstić information content (AvgIpc) is 2.69. The second-order valence-electron chi connectivity index (χ2n) is 8.44. The summed E-state index contributed by atoms with van der Waals surface area (Å²) in [5.41, 5.74) is 0.930. The largest absolute Gasteiger partial charge is 0.204 e. The normalized spacial score (nSPS) is 28.7. The third-order valence-electron chi connectivity index (χ3n) is 6.47. The fourth-order valence-corrected chi connectivity index (χ4v) is 4.77. The Bertz CT molecular complexity index is 678. The molecule has 2 aliphatic rings. The van der Waals surface area contributed by atoms with Crippen molar-refractivity contribution in [3.05, 3.63) is 47.5 Å². The molecule has 0 saturated heterocycles. The maximum atomic E-state index is 13.4.